The molecule has 0 spiro atoms. The Bertz CT molecular complexity index is 1190. The molecule has 3 atom stereocenters. The number of amides is 1. The van der Waals surface area contributed by atoms with Crippen molar-refractivity contribution in [2.24, 2.45) is 0 Å². The monoisotopic (exact) mass is 894 g/mol. The zero-order valence-electron chi connectivity index (χ0n) is 42.1. The van der Waals surface area contributed by atoms with Crippen molar-refractivity contribution < 1.29 is 24.5 Å². The first-order chi connectivity index (χ1) is 31.5. The summed E-state index contributed by atoms with van der Waals surface area (Å²) in [6, 6.07) is -0.721. The third-order valence-electron chi connectivity index (χ3n) is 12.1. The summed E-state index contributed by atoms with van der Waals surface area (Å²) in [5.41, 5.74) is 0. The number of allylic oxidation sites excluding steroid dienone is 12. The summed E-state index contributed by atoms with van der Waals surface area (Å²) < 4.78 is 5.92. The van der Waals surface area contributed by atoms with Gasteiger partial charge in [-0.25, -0.2) is 0 Å². The van der Waals surface area contributed by atoms with Crippen molar-refractivity contribution in [1.82, 2.24) is 5.32 Å². The molecular formula is C58H103NO5. The fourth-order valence-electron chi connectivity index (χ4n) is 8.02. The molecule has 6 heteroatoms. The van der Waals surface area contributed by atoms with Gasteiger partial charge in [-0.3, -0.25) is 9.59 Å². The molecule has 0 aliphatic rings. The van der Waals surface area contributed by atoms with Crippen LogP contribution >= 0.6 is 0 Å². The van der Waals surface area contributed by atoms with E-state index in [9.17, 15) is 19.8 Å². The summed E-state index contributed by atoms with van der Waals surface area (Å²) in [5.74, 6) is -0.530. The minimum absolute atomic E-state index is 0.0430. The highest BCUT2D eigenvalue weighted by Crippen LogP contribution is 2.17. The fraction of sp³-hybridized carbons (Fsp3) is 0.759. The van der Waals surface area contributed by atoms with Crippen LogP contribution in [0.3, 0.4) is 0 Å². The fourth-order valence-corrected chi connectivity index (χ4v) is 8.02. The number of carbonyl (C=O) groups is 2. The van der Waals surface area contributed by atoms with Crippen LogP contribution in [0, 0.1) is 0 Å². The van der Waals surface area contributed by atoms with Crippen molar-refractivity contribution in [1.29, 1.82) is 0 Å². The zero-order valence-corrected chi connectivity index (χ0v) is 42.1. The van der Waals surface area contributed by atoms with Crippen LogP contribution in [0.5, 0.6) is 0 Å². The van der Waals surface area contributed by atoms with Gasteiger partial charge in [0.05, 0.1) is 25.2 Å². The van der Waals surface area contributed by atoms with Crippen LogP contribution in [0.2, 0.25) is 0 Å². The van der Waals surface area contributed by atoms with E-state index < -0.39 is 18.2 Å². The molecule has 3 unspecified atom stereocenters. The summed E-state index contributed by atoms with van der Waals surface area (Å²) in [7, 11) is 0. The van der Waals surface area contributed by atoms with Gasteiger partial charge in [0, 0.05) is 6.42 Å². The third-order valence-corrected chi connectivity index (χ3v) is 12.1. The Kier molecular flexibility index (Phi) is 49.1. The highest BCUT2D eigenvalue weighted by atomic mass is 16.5. The molecule has 1 amide bonds. The second-order valence-corrected chi connectivity index (χ2v) is 18.4. The quantitative estimate of drug-likeness (QED) is 0.0321. The van der Waals surface area contributed by atoms with Crippen molar-refractivity contribution in [2.75, 3.05) is 6.61 Å². The van der Waals surface area contributed by atoms with Gasteiger partial charge < -0.3 is 20.3 Å². The summed E-state index contributed by atoms with van der Waals surface area (Å²) in [6.45, 7) is 6.33. The Labute approximate surface area is 396 Å². The topological polar surface area (TPSA) is 95.9 Å². The van der Waals surface area contributed by atoms with Gasteiger partial charge in [0.15, 0.2) is 0 Å². The average Bonchev–Trinajstić information content (AvgIpc) is 3.29. The Balaban J connectivity index is 4.62. The minimum atomic E-state index is -0.804. The number of carbonyl (C=O) groups excluding carboxylic acids is 2. The zero-order chi connectivity index (χ0) is 46.7. The van der Waals surface area contributed by atoms with Crippen LogP contribution in [0.1, 0.15) is 258 Å². The normalized spacial score (nSPS) is 13.8. The van der Waals surface area contributed by atoms with Crippen LogP contribution in [0.4, 0.5) is 0 Å². The molecule has 64 heavy (non-hydrogen) atoms. The number of hydrogen-bond donors (Lipinski definition) is 3. The van der Waals surface area contributed by atoms with Crippen molar-refractivity contribution in [3.63, 3.8) is 0 Å². The van der Waals surface area contributed by atoms with Gasteiger partial charge in [-0.2, -0.15) is 0 Å². The largest absolute Gasteiger partial charge is 0.462 e. The second kappa shape index (κ2) is 51.3. The van der Waals surface area contributed by atoms with Crippen LogP contribution in [0.15, 0.2) is 72.9 Å². The Morgan fingerprint density at radius 3 is 1.31 bits per heavy atom. The number of aliphatic hydroxyl groups excluding tert-OH is 2. The first-order valence-electron chi connectivity index (χ1n) is 27.2. The molecule has 0 heterocycles. The number of esters is 1. The number of rotatable bonds is 48. The van der Waals surface area contributed by atoms with Gasteiger partial charge in [0.1, 0.15) is 6.10 Å². The van der Waals surface area contributed by atoms with E-state index in [1.54, 1.807) is 0 Å². The molecule has 0 saturated heterocycles. The first kappa shape index (κ1) is 61.3. The van der Waals surface area contributed by atoms with E-state index in [1.807, 2.05) is 24.3 Å². The minimum Gasteiger partial charge on any atom is -0.462 e. The van der Waals surface area contributed by atoms with Gasteiger partial charge in [-0.05, 0) is 70.6 Å². The van der Waals surface area contributed by atoms with E-state index in [1.165, 1.54) is 122 Å². The predicted octanol–water partition coefficient (Wildman–Crippen LogP) is 16.6. The summed E-state index contributed by atoms with van der Waals surface area (Å²) in [5, 5.41) is 23.8. The van der Waals surface area contributed by atoms with E-state index in [2.05, 4.69) is 74.7 Å². The number of ether oxygens (including phenoxy) is 1. The van der Waals surface area contributed by atoms with Gasteiger partial charge in [0.25, 0.3) is 0 Å². The standard InChI is InChI=1S/C58H103NO5/c1-4-7-10-13-16-19-22-25-27-28-29-30-33-36-39-42-45-48-51-58(63)64-54(49-46-43-40-37-34-31-24-21-18-15-12-9-6-3)52-57(62)59-55(53-60)56(61)50-47-44-41-38-35-32-26-23-20-17-14-11-8-5-2/h9,12,15,18,21,24,27-31,34,54-56,60-61H,4-8,10-11,13-14,16-17,19-20,22-23,25-26,32-33,35-53H2,1-3H3,(H,59,62)/b12-9+,18-15+,24-21+,28-27+,30-29+,34-31-. The van der Waals surface area contributed by atoms with Crippen molar-refractivity contribution in [3.05, 3.63) is 72.9 Å². The predicted molar refractivity (Wildman–Crippen MR) is 278 cm³/mol. The molecule has 370 valence electrons. The highest BCUT2D eigenvalue weighted by Gasteiger charge is 2.24. The first-order valence-corrected chi connectivity index (χ1v) is 27.2. The molecule has 3 N–H and O–H groups in total. The van der Waals surface area contributed by atoms with Crippen LogP contribution < -0.4 is 5.32 Å². The van der Waals surface area contributed by atoms with Crippen molar-refractivity contribution in [2.45, 2.75) is 277 Å². The lowest BCUT2D eigenvalue weighted by atomic mass is 10.0. The number of hydrogen-bond acceptors (Lipinski definition) is 5. The molecule has 0 rings (SSSR count). The summed E-state index contributed by atoms with van der Waals surface area (Å²) in [4.78, 5) is 26.2. The highest BCUT2D eigenvalue weighted by molar-refractivity contribution is 5.77. The number of aliphatic hydroxyl groups is 2. The average molecular weight is 894 g/mol. The molecule has 0 saturated carbocycles. The van der Waals surface area contributed by atoms with E-state index in [4.69, 9.17) is 4.74 Å². The van der Waals surface area contributed by atoms with Crippen molar-refractivity contribution in [3.8, 4) is 0 Å². The summed E-state index contributed by atoms with van der Waals surface area (Å²) in [6.07, 6.45) is 65.3. The van der Waals surface area contributed by atoms with E-state index in [0.29, 0.717) is 19.3 Å². The molecule has 0 fully saturated rings. The van der Waals surface area contributed by atoms with Gasteiger partial charge >= 0.3 is 5.97 Å². The van der Waals surface area contributed by atoms with Crippen LogP contribution in [0.25, 0.3) is 0 Å². The smallest absolute Gasteiger partial charge is 0.306 e. The second-order valence-electron chi connectivity index (χ2n) is 18.4. The number of unbranched alkanes of at least 4 members (excludes halogenated alkanes) is 28. The van der Waals surface area contributed by atoms with E-state index in [0.717, 1.165) is 89.9 Å². The molecule has 6 nitrogen and oxygen atoms in total. The van der Waals surface area contributed by atoms with Crippen LogP contribution in [-0.4, -0.2) is 46.9 Å². The molecular weight excluding hydrogens is 791 g/mol. The maximum absolute atomic E-state index is 13.2. The van der Waals surface area contributed by atoms with E-state index >= 15 is 0 Å². The Morgan fingerprint density at radius 2 is 0.844 bits per heavy atom. The van der Waals surface area contributed by atoms with Crippen LogP contribution in [-0.2, 0) is 14.3 Å². The lowest BCUT2D eigenvalue weighted by molar-refractivity contribution is -0.151. The Hall–Kier alpha value is -2.70. The maximum atomic E-state index is 13.2. The third kappa shape index (κ3) is 45.9. The van der Waals surface area contributed by atoms with Crippen molar-refractivity contribution >= 4 is 11.9 Å². The van der Waals surface area contributed by atoms with Gasteiger partial charge in [0.2, 0.25) is 5.91 Å². The molecule has 0 radical (unpaired) electrons. The molecule has 0 aromatic heterocycles. The number of nitrogens with one attached hydrogen (secondary N) is 1. The lowest BCUT2D eigenvalue weighted by Gasteiger charge is -2.24. The molecule has 0 aromatic rings. The molecule has 0 aromatic carbocycles. The SMILES string of the molecule is CC/C=C/C=C/C=C/C=C\CCCCCC(CC(=O)NC(CO)C(O)CCCCCCCCCCCCCCCC)OC(=O)CCCCCCC/C=C/C=C/CCCCCCCCC. The lowest BCUT2D eigenvalue weighted by Crippen LogP contribution is -2.46. The van der Waals surface area contributed by atoms with Gasteiger partial charge in [-0.15, -0.1) is 0 Å². The van der Waals surface area contributed by atoms with E-state index in [-0.39, 0.29) is 24.9 Å². The Morgan fingerprint density at radius 1 is 0.469 bits per heavy atom. The molecule has 0 aliphatic carbocycles. The summed E-state index contributed by atoms with van der Waals surface area (Å²) >= 11 is 0. The maximum Gasteiger partial charge on any atom is 0.306 e. The van der Waals surface area contributed by atoms with Gasteiger partial charge in [-0.1, -0.05) is 248 Å². The molecule has 0 bridgehead atoms. The molecule has 0 aliphatic heterocycles.